The van der Waals surface area contributed by atoms with E-state index in [0.29, 0.717) is 43.1 Å². The van der Waals surface area contributed by atoms with Crippen LogP contribution >= 0.6 is 11.8 Å². The predicted octanol–water partition coefficient (Wildman–Crippen LogP) is 3.31. The third kappa shape index (κ3) is 5.28. The number of nitrogens with two attached hydrogens (primary N) is 1. The van der Waals surface area contributed by atoms with Crippen molar-refractivity contribution >= 4 is 39.8 Å². The van der Waals surface area contributed by atoms with Crippen LogP contribution in [0.4, 0.5) is 8.78 Å². The van der Waals surface area contributed by atoms with Crippen molar-refractivity contribution in [3.8, 4) is 5.75 Å². The molecule has 0 aliphatic carbocycles. The number of hydrogen-bond donors (Lipinski definition) is 1. The summed E-state index contributed by atoms with van der Waals surface area (Å²) in [5.74, 6) is 1.03. The van der Waals surface area contributed by atoms with Gasteiger partial charge in [-0.15, -0.1) is 16.9 Å². The Hall–Kier alpha value is -3.51. The fraction of sp³-hybridized carbons (Fsp3) is 0.304. The number of guanidine groups is 1. The number of ether oxygens (including phenoxy) is 2. The summed E-state index contributed by atoms with van der Waals surface area (Å²) >= 11 is 1.70. The zero-order chi connectivity index (χ0) is 24.2. The van der Waals surface area contributed by atoms with E-state index in [2.05, 4.69) is 20.1 Å². The van der Waals surface area contributed by atoms with Gasteiger partial charge in [0.15, 0.2) is 5.82 Å². The van der Waals surface area contributed by atoms with E-state index in [1.54, 1.807) is 48.2 Å². The second-order valence-electron chi connectivity index (χ2n) is 7.68. The Morgan fingerprint density at radius 3 is 2.60 bits per heavy atom. The lowest BCUT2D eigenvalue weighted by molar-refractivity contribution is 0.0675. The minimum absolute atomic E-state index is 0.156. The van der Waals surface area contributed by atoms with Crippen LogP contribution in [-0.4, -0.2) is 70.2 Å². The Morgan fingerprint density at radius 1 is 1.11 bits per heavy atom. The largest absolute Gasteiger partial charge is 0.423 e. The van der Waals surface area contributed by atoms with Gasteiger partial charge in [-0.1, -0.05) is 12.1 Å². The lowest BCUT2D eigenvalue weighted by Gasteiger charge is -2.27. The van der Waals surface area contributed by atoms with Gasteiger partial charge in [-0.25, -0.2) is 18.4 Å². The van der Waals surface area contributed by atoms with Gasteiger partial charge in [0.05, 0.1) is 29.3 Å². The fourth-order valence-electron chi connectivity index (χ4n) is 3.67. The first-order valence-corrected chi connectivity index (χ1v) is 12.0. The molecule has 3 heterocycles. The molecule has 0 unspecified atom stereocenters. The van der Waals surface area contributed by atoms with Crippen LogP contribution in [0.15, 0.2) is 63.6 Å². The summed E-state index contributed by atoms with van der Waals surface area (Å²) in [7, 11) is 0. The molecule has 35 heavy (non-hydrogen) atoms. The number of imidazole rings is 1. The molecule has 12 heteroatoms. The fourth-order valence-corrected chi connectivity index (χ4v) is 4.53. The number of thioether (sulfide) groups is 1. The van der Waals surface area contributed by atoms with E-state index < -0.39 is 12.2 Å². The topological polar surface area (TPSA) is 103 Å². The molecule has 0 saturated carbocycles. The number of aromatic nitrogens is 2. The van der Waals surface area contributed by atoms with E-state index >= 15 is 0 Å². The second kappa shape index (κ2) is 10.4. The Labute approximate surface area is 204 Å². The van der Waals surface area contributed by atoms with Gasteiger partial charge in [-0.3, -0.25) is 4.99 Å². The van der Waals surface area contributed by atoms with Crippen molar-refractivity contribution < 1.29 is 18.3 Å². The zero-order valence-electron chi connectivity index (χ0n) is 18.7. The molecule has 0 amide bonds. The number of halogens is 2. The number of fused-ring (bicyclic) bond motifs is 1. The number of nitrogens with zero attached hydrogens (tertiary/aromatic N) is 6. The molecular formula is C23H23F2N7O2S. The number of para-hydroxylation sites is 2. The molecule has 1 saturated heterocycles. The van der Waals surface area contributed by atoms with Crippen LogP contribution in [0.5, 0.6) is 5.75 Å². The van der Waals surface area contributed by atoms with E-state index in [9.17, 15) is 8.78 Å². The minimum atomic E-state index is -2.85. The third-order valence-corrected chi connectivity index (χ3v) is 6.41. The van der Waals surface area contributed by atoms with Crippen molar-refractivity contribution in [1.82, 2.24) is 14.6 Å². The highest BCUT2D eigenvalue weighted by atomic mass is 32.2. The van der Waals surface area contributed by atoms with Crippen molar-refractivity contribution in [3.63, 3.8) is 0 Å². The van der Waals surface area contributed by atoms with Gasteiger partial charge >= 0.3 is 6.02 Å². The molecule has 9 nitrogen and oxygen atoms in total. The zero-order valence-corrected chi connectivity index (χ0v) is 19.5. The van der Waals surface area contributed by atoms with Gasteiger partial charge in [0.25, 0.3) is 6.43 Å². The van der Waals surface area contributed by atoms with Crippen molar-refractivity contribution in [2.45, 2.75) is 6.43 Å². The minimum Gasteiger partial charge on any atom is -0.423 e. The van der Waals surface area contributed by atoms with Gasteiger partial charge in [0.1, 0.15) is 5.75 Å². The molecule has 0 radical (unpaired) electrons. The van der Waals surface area contributed by atoms with Gasteiger partial charge in [-0.05, 0) is 36.4 Å². The van der Waals surface area contributed by atoms with Crippen LogP contribution in [-0.2, 0) is 4.74 Å². The average Bonchev–Trinajstić information content (AvgIpc) is 3.54. The van der Waals surface area contributed by atoms with Crippen LogP contribution < -0.4 is 10.5 Å². The Balaban J connectivity index is 1.52. The summed E-state index contributed by atoms with van der Waals surface area (Å²) in [6, 6.07) is 13.8. The maximum Gasteiger partial charge on any atom is 0.343 e. The van der Waals surface area contributed by atoms with Gasteiger partial charge in [0, 0.05) is 31.0 Å². The molecule has 0 spiro atoms. The van der Waals surface area contributed by atoms with Crippen molar-refractivity contribution in [2.24, 2.45) is 20.8 Å². The van der Waals surface area contributed by atoms with Crippen LogP contribution in [0.2, 0.25) is 0 Å². The molecule has 0 atom stereocenters. The number of hydrogen-bond acceptors (Lipinski definition) is 6. The third-order valence-electron chi connectivity index (χ3n) is 5.38. The quantitative estimate of drug-likeness (QED) is 0.437. The molecule has 2 aliphatic rings. The van der Waals surface area contributed by atoms with Crippen LogP contribution in [0.1, 0.15) is 17.8 Å². The Bertz CT molecular complexity index is 1280. The number of aliphatic imine (C=N–C) groups is 2. The summed E-state index contributed by atoms with van der Waals surface area (Å²) in [5, 5.41) is 5.29. The lowest BCUT2D eigenvalue weighted by Crippen LogP contribution is -2.45. The van der Waals surface area contributed by atoms with Crippen LogP contribution in [0.3, 0.4) is 0 Å². The molecule has 0 bridgehead atoms. The van der Waals surface area contributed by atoms with E-state index in [0.717, 1.165) is 27.6 Å². The molecule has 2 N–H and O–H groups in total. The van der Waals surface area contributed by atoms with Gasteiger partial charge in [0.2, 0.25) is 5.96 Å². The molecule has 3 aromatic rings. The molecule has 5 rings (SSSR count). The molecule has 182 valence electrons. The molecule has 1 fully saturated rings. The predicted molar refractivity (Wildman–Crippen MR) is 132 cm³/mol. The summed E-state index contributed by atoms with van der Waals surface area (Å²) in [5.41, 5.74) is 7.98. The summed E-state index contributed by atoms with van der Waals surface area (Å²) in [6.45, 7) is 2.92. The average molecular weight is 500 g/mol. The lowest BCUT2D eigenvalue weighted by atomic mass is 10.2. The first kappa shape index (κ1) is 23.2. The van der Waals surface area contributed by atoms with E-state index in [-0.39, 0.29) is 12.0 Å². The maximum absolute atomic E-state index is 13.8. The summed E-state index contributed by atoms with van der Waals surface area (Å²) < 4.78 is 39.9. The molecule has 2 aromatic carbocycles. The number of amidine groups is 1. The Kier molecular flexibility index (Phi) is 6.91. The highest BCUT2D eigenvalue weighted by Crippen LogP contribution is 2.25. The van der Waals surface area contributed by atoms with E-state index in [1.165, 1.54) is 0 Å². The smallest absolute Gasteiger partial charge is 0.343 e. The summed E-state index contributed by atoms with van der Waals surface area (Å²) in [4.78, 5) is 14.7. The molecule has 2 aliphatic heterocycles. The van der Waals surface area contributed by atoms with Crippen LogP contribution in [0, 0.1) is 0 Å². The number of rotatable bonds is 4. The number of morpholine rings is 1. The van der Waals surface area contributed by atoms with E-state index in [1.807, 2.05) is 17.0 Å². The number of alkyl halides is 2. The summed E-state index contributed by atoms with van der Waals surface area (Å²) in [6.07, 6.45) is -2.85. The van der Waals surface area contributed by atoms with Crippen molar-refractivity contribution in [2.75, 3.05) is 38.6 Å². The monoisotopic (exact) mass is 499 g/mol. The highest BCUT2D eigenvalue weighted by Gasteiger charge is 2.21. The SMILES string of the molecule is NC(=NC(=Nn1c(C(F)F)nc2ccccc21)Oc1ccc(C2=NCCS2)cc1)N1CCOCC1. The van der Waals surface area contributed by atoms with Gasteiger partial charge < -0.3 is 20.1 Å². The highest BCUT2D eigenvalue weighted by molar-refractivity contribution is 8.14. The second-order valence-corrected chi connectivity index (χ2v) is 8.77. The van der Waals surface area contributed by atoms with Crippen LogP contribution in [0.25, 0.3) is 11.0 Å². The first-order valence-electron chi connectivity index (χ1n) is 11.1. The van der Waals surface area contributed by atoms with Crippen molar-refractivity contribution in [1.29, 1.82) is 0 Å². The first-order chi connectivity index (χ1) is 17.1. The maximum atomic E-state index is 13.8. The standard InChI is InChI=1S/C23H23F2N7O2S/c24-19(25)20-28-17-3-1-2-4-18(17)32(20)30-23(29-22(26)31-10-12-33-13-11-31)34-16-7-5-15(6-8-16)21-27-9-14-35-21/h1-8,19H,9-14H2,(H2,26,29,30). The molecular weight excluding hydrogens is 476 g/mol. The normalized spacial score (nSPS) is 17.3. The van der Waals surface area contributed by atoms with Crippen molar-refractivity contribution in [3.05, 3.63) is 59.9 Å². The molecule has 1 aromatic heterocycles. The van der Waals surface area contributed by atoms with Gasteiger partial charge in [-0.2, -0.15) is 4.99 Å². The van der Waals surface area contributed by atoms with E-state index in [4.69, 9.17) is 15.2 Å². The Morgan fingerprint density at radius 2 is 1.89 bits per heavy atom. The number of benzene rings is 2.